The maximum absolute atomic E-state index is 11.9. The Hall–Kier alpha value is -0.596. The highest BCUT2D eigenvalue weighted by molar-refractivity contribution is 6.70. The molecule has 4 nitrogen and oxygen atoms in total. The fourth-order valence-corrected chi connectivity index (χ4v) is 11.4. The first-order valence-electron chi connectivity index (χ1n) is 15.2. The van der Waals surface area contributed by atoms with Crippen LogP contribution < -0.4 is 0 Å². The van der Waals surface area contributed by atoms with Crippen molar-refractivity contribution in [1.29, 1.82) is 0 Å². The van der Waals surface area contributed by atoms with Crippen molar-refractivity contribution in [1.82, 2.24) is 0 Å². The third kappa shape index (κ3) is 5.96. The molecule has 0 aromatic carbocycles. The van der Waals surface area contributed by atoms with E-state index in [2.05, 4.69) is 66.1 Å². The lowest BCUT2D eigenvalue weighted by Gasteiger charge is -2.60. The highest BCUT2D eigenvalue weighted by atomic mass is 28.4. The summed E-state index contributed by atoms with van der Waals surface area (Å²) in [7, 11) is -1.78. The van der Waals surface area contributed by atoms with Crippen LogP contribution >= 0.6 is 0 Å². The summed E-state index contributed by atoms with van der Waals surface area (Å²) in [6, 6.07) is 0. The highest BCUT2D eigenvalue weighted by Crippen LogP contribution is 2.68. The molecule has 0 N–H and O–H groups in total. The Bertz CT molecular complexity index is 873. The van der Waals surface area contributed by atoms with Crippen molar-refractivity contribution in [3.8, 4) is 0 Å². The van der Waals surface area contributed by atoms with Crippen LogP contribution in [0.1, 0.15) is 78.6 Å². The Balaban J connectivity index is 1.63. The SMILES string of the molecule is COC(=O)CC[C@@H](C)[C@H]1CC[C@H]2C3C(O[Si](C)(C)C)=C[C@@H]4C[C@H](O[Si](C)(C)C)CC[C@]4(C)C3CC[C@]12C. The molecule has 3 saturated carbocycles. The predicted octanol–water partition coefficient (Wildman–Crippen LogP) is 8.41. The maximum atomic E-state index is 11.9. The molecule has 212 valence electrons. The number of fused-ring (bicyclic) bond motifs is 5. The Kier molecular flexibility index (Phi) is 8.28. The minimum absolute atomic E-state index is 0.0658. The van der Waals surface area contributed by atoms with Gasteiger partial charge in [-0.05, 0) is 137 Å². The van der Waals surface area contributed by atoms with Gasteiger partial charge in [0.15, 0.2) is 8.32 Å². The summed E-state index contributed by atoms with van der Waals surface area (Å²) in [4.78, 5) is 11.9. The quantitative estimate of drug-likeness (QED) is 0.226. The Morgan fingerprint density at radius 2 is 1.62 bits per heavy atom. The molecule has 2 unspecified atom stereocenters. The molecule has 0 aromatic rings. The molecule has 0 saturated heterocycles. The fourth-order valence-electron chi connectivity index (χ4n) is 9.32. The molecule has 0 spiro atoms. The minimum atomic E-state index is -1.74. The van der Waals surface area contributed by atoms with E-state index in [1.165, 1.54) is 51.4 Å². The van der Waals surface area contributed by atoms with E-state index < -0.39 is 16.6 Å². The second kappa shape index (κ2) is 10.4. The van der Waals surface area contributed by atoms with E-state index in [9.17, 15) is 4.79 Å². The Morgan fingerprint density at radius 3 is 2.24 bits per heavy atom. The molecular weight excluding hydrogens is 493 g/mol. The van der Waals surface area contributed by atoms with Crippen molar-refractivity contribution in [2.75, 3.05) is 7.11 Å². The molecule has 4 aliphatic carbocycles. The van der Waals surface area contributed by atoms with Gasteiger partial charge in [0.2, 0.25) is 8.32 Å². The number of hydrogen-bond acceptors (Lipinski definition) is 4. The molecule has 3 fully saturated rings. The van der Waals surface area contributed by atoms with Crippen molar-refractivity contribution in [3.63, 3.8) is 0 Å². The van der Waals surface area contributed by atoms with Crippen molar-refractivity contribution < 1.29 is 18.4 Å². The molecule has 0 radical (unpaired) electrons. The number of carbonyl (C=O) groups is 1. The minimum Gasteiger partial charge on any atom is -0.547 e. The van der Waals surface area contributed by atoms with E-state index in [1.807, 2.05) is 0 Å². The van der Waals surface area contributed by atoms with Crippen LogP contribution in [0.15, 0.2) is 11.8 Å². The van der Waals surface area contributed by atoms with Gasteiger partial charge < -0.3 is 13.6 Å². The van der Waals surface area contributed by atoms with Gasteiger partial charge in [-0.3, -0.25) is 4.79 Å². The summed E-state index contributed by atoms with van der Waals surface area (Å²) >= 11 is 0. The normalized spacial score (nSPS) is 40.6. The van der Waals surface area contributed by atoms with E-state index in [0.29, 0.717) is 58.9 Å². The zero-order valence-electron chi connectivity index (χ0n) is 25.6. The van der Waals surface area contributed by atoms with Crippen molar-refractivity contribution in [2.45, 2.75) is 124 Å². The summed E-state index contributed by atoms with van der Waals surface area (Å²) in [6.07, 6.45) is 13.4. The topological polar surface area (TPSA) is 44.8 Å². The van der Waals surface area contributed by atoms with Crippen molar-refractivity contribution >= 4 is 22.6 Å². The van der Waals surface area contributed by atoms with Crippen LogP contribution in [0.2, 0.25) is 39.3 Å². The monoisotopic (exact) mass is 548 g/mol. The van der Waals surface area contributed by atoms with Crippen LogP contribution in [0.3, 0.4) is 0 Å². The van der Waals surface area contributed by atoms with Gasteiger partial charge in [-0.2, -0.15) is 0 Å². The van der Waals surface area contributed by atoms with E-state index in [0.717, 1.165) is 12.8 Å². The van der Waals surface area contributed by atoms with E-state index in [4.69, 9.17) is 13.6 Å². The van der Waals surface area contributed by atoms with Crippen LogP contribution in [-0.4, -0.2) is 35.8 Å². The number of hydrogen-bond donors (Lipinski definition) is 0. The van der Waals surface area contributed by atoms with Crippen LogP contribution in [0.25, 0.3) is 0 Å². The highest BCUT2D eigenvalue weighted by Gasteiger charge is 2.62. The molecule has 6 heteroatoms. The number of rotatable bonds is 8. The van der Waals surface area contributed by atoms with Crippen LogP contribution in [-0.2, 0) is 18.4 Å². The third-order valence-electron chi connectivity index (χ3n) is 10.9. The van der Waals surface area contributed by atoms with Gasteiger partial charge in [-0.25, -0.2) is 0 Å². The van der Waals surface area contributed by atoms with Gasteiger partial charge >= 0.3 is 5.97 Å². The summed E-state index contributed by atoms with van der Waals surface area (Å²) < 4.78 is 18.6. The van der Waals surface area contributed by atoms with Crippen LogP contribution in [0.4, 0.5) is 0 Å². The largest absolute Gasteiger partial charge is 0.547 e. The van der Waals surface area contributed by atoms with Gasteiger partial charge in [0.1, 0.15) is 0 Å². The van der Waals surface area contributed by atoms with Gasteiger partial charge in [0.25, 0.3) is 0 Å². The zero-order valence-corrected chi connectivity index (χ0v) is 27.6. The number of methoxy groups -OCH3 is 1. The second-order valence-corrected chi connectivity index (χ2v) is 24.5. The summed E-state index contributed by atoms with van der Waals surface area (Å²) in [6.45, 7) is 21.7. The first-order chi connectivity index (χ1) is 17.1. The molecule has 37 heavy (non-hydrogen) atoms. The number of ether oxygens (including phenoxy) is 1. The Morgan fingerprint density at radius 1 is 0.973 bits per heavy atom. The summed E-state index contributed by atoms with van der Waals surface area (Å²) in [5.41, 5.74) is 0.687. The Labute approximate surface area is 229 Å². The molecule has 0 aromatic heterocycles. The lowest BCUT2D eigenvalue weighted by Crippen LogP contribution is -2.55. The first kappa shape index (κ1) is 29.4. The number of esters is 1. The third-order valence-corrected chi connectivity index (χ3v) is 12.8. The fraction of sp³-hybridized carbons (Fsp3) is 0.903. The molecule has 0 aliphatic heterocycles. The molecule has 4 rings (SSSR count). The lowest BCUT2D eigenvalue weighted by atomic mass is 9.46. The molecule has 0 bridgehead atoms. The maximum Gasteiger partial charge on any atom is 0.305 e. The summed E-state index contributed by atoms with van der Waals surface area (Å²) in [5.74, 6) is 5.05. The molecule has 0 heterocycles. The van der Waals surface area contributed by atoms with Gasteiger partial charge in [0, 0.05) is 18.4 Å². The van der Waals surface area contributed by atoms with Gasteiger partial charge in [-0.15, -0.1) is 0 Å². The van der Waals surface area contributed by atoms with Crippen LogP contribution in [0.5, 0.6) is 0 Å². The number of allylic oxidation sites excluding steroid dienone is 2. The van der Waals surface area contributed by atoms with Gasteiger partial charge in [-0.1, -0.05) is 20.8 Å². The average Bonchev–Trinajstić information content (AvgIpc) is 3.13. The standard InChI is InChI=1S/C31H56O4Si2/c1-21(11-14-28(32)33-4)24-12-13-25-29-26(16-18-31(24,25)3)30(2)17-15-23(34-36(5,6)7)19-22(30)20-27(29)35-37(8,9)10/h20-26,29H,11-19H2,1-10H3/t21-,22+,23-,24-,25+,26?,29?,30+,31-/m1/s1. The lowest BCUT2D eigenvalue weighted by molar-refractivity contribution is -0.141. The van der Waals surface area contributed by atoms with Crippen molar-refractivity contribution in [3.05, 3.63) is 11.8 Å². The first-order valence-corrected chi connectivity index (χ1v) is 22.0. The van der Waals surface area contributed by atoms with Gasteiger partial charge in [0.05, 0.1) is 12.9 Å². The smallest absolute Gasteiger partial charge is 0.305 e. The van der Waals surface area contributed by atoms with Crippen LogP contribution in [0, 0.1) is 46.3 Å². The molecule has 0 amide bonds. The predicted molar refractivity (Wildman–Crippen MR) is 157 cm³/mol. The molecule has 9 atom stereocenters. The average molecular weight is 549 g/mol. The summed E-state index contributed by atoms with van der Waals surface area (Å²) in [5, 5.41) is 0. The van der Waals surface area contributed by atoms with E-state index in [1.54, 1.807) is 0 Å². The molecule has 4 aliphatic rings. The van der Waals surface area contributed by atoms with E-state index >= 15 is 0 Å². The zero-order chi connectivity index (χ0) is 27.4. The molecular formula is C31H56O4Si2. The van der Waals surface area contributed by atoms with Crippen molar-refractivity contribution in [2.24, 2.45) is 46.3 Å². The van der Waals surface area contributed by atoms with E-state index in [-0.39, 0.29) is 5.97 Å². The second-order valence-electron chi connectivity index (χ2n) is 15.6. The number of carbonyl (C=O) groups excluding carboxylic acids is 1.